The quantitative estimate of drug-likeness (QED) is 0.424. The van der Waals surface area contributed by atoms with E-state index in [1.54, 1.807) is 24.3 Å². The van der Waals surface area contributed by atoms with E-state index >= 15 is 0 Å². The molecule has 0 heterocycles. The molecule has 0 aromatic heterocycles. The summed E-state index contributed by atoms with van der Waals surface area (Å²) < 4.78 is 0. The van der Waals surface area contributed by atoms with E-state index in [4.69, 9.17) is 0 Å². The van der Waals surface area contributed by atoms with Crippen molar-refractivity contribution < 1.29 is 4.79 Å². The third kappa shape index (κ3) is 11.0. The molecule has 0 aliphatic rings. The van der Waals surface area contributed by atoms with Crippen LogP contribution in [0.5, 0.6) is 0 Å². The van der Waals surface area contributed by atoms with Crippen molar-refractivity contribution in [2.24, 2.45) is 0 Å². The molecule has 1 amide bonds. The van der Waals surface area contributed by atoms with Gasteiger partial charge in [-0.1, -0.05) is 89.7 Å². The average molecular weight is 317 g/mol. The van der Waals surface area contributed by atoms with Gasteiger partial charge in [-0.15, -0.1) is 0 Å². The minimum Gasteiger partial charge on any atom is -0.352 e. The number of carbonyl (C=O) groups is 1. The van der Waals surface area contributed by atoms with Crippen LogP contribution in [0.15, 0.2) is 24.3 Å². The summed E-state index contributed by atoms with van der Waals surface area (Å²) in [7, 11) is 0. The van der Waals surface area contributed by atoms with Gasteiger partial charge in [0.05, 0.1) is 0 Å². The molecule has 0 spiro atoms. The van der Waals surface area contributed by atoms with Crippen molar-refractivity contribution in [3.8, 4) is 0 Å². The van der Waals surface area contributed by atoms with E-state index in [0.717, 1.165) is 18.5 Å². The Morgan fingerprint density at radius 1 is 0.826 bits per heavy atom. The summed E-state index contributed by atoms with van der Waals surface area (Å²) in [6.45, 7) is 3.06. The highest BCUT2D eigenvalue weighted by Crippen LogP contribution is 2.11. The number of carbonyl (C=O) groups excluding carboxylic acids is 1. The van der Waals surface area contributed by atoms with E-state index in [9.17, 15) is 4.79 Å². The summed E-state index contributed by atoms with van der Waals surface area (Å²) in [6.07, 6.45) is 16.1. The van der Waals surface area contributed by atoms with Crippen LogP contribution < -0.4 is 5.32 Å². The van der Waals surface area contributed by atoms with Crippen LogP contribution in [0.2, 0.25) is 0 Å². The molecule has 0 aliphatic heterocycles. The van der Waals surface area contributed by atoms with Gasteiger partial charge in [0.25, 0.3) is 5.91 Å². The molecule has 2 heteroatoms. The van der Waals surface area contributed by atoms with E-state index in [2.05, 4.69) is 18.3 Å². The van der Waals surface area contributed by atoms with E-state index in [0.29, 0.717) is 0 Å². The fourth-order valence-electron chi connectivity index (χ4n) is 2.81. The van der Waals surface area contributed by atoms with Crippen LogP contribution in [0.25, 0.3) is 0 Å². The van der Waals surface area contributed by atoms with Crippen molar-refractivity contribution in [2.75, 3.05) is 6.54 Å². The van der Waals surface area contributed by atoms with E-state index < -0.39 is 0 Å². The second kappa shape index (κ2) is 14.3. The minimum atomic E-state index is 0.0297. The number of benzene rings is 1. The molecule has 0 saturated heterocycles. The van der Waals surface area contributed by atoms with Crippen molar-refractivity contribution in [3.05, 3.63) is 35.9 Å². The van der Waals surface area contributed by atoms with Gasteiger partial charge in [-0.2, -0.15) is 0 Å². The van der Waals surface area contributed by atoms with E-state index in [-0.39, 0.29) is 5.91 Å². The Hall–Kier alpha value is -1.31. The third-order valence-corrected chi connectivity index (χ3v) is 4.30. The number of rotatable bonds is 14. The molecule has 2 nitrogen and oxygen atoms in total. The molecular formula is C21H34NO. The van der Waals surface area contributed by atoms with Crippen LogP contribution in [0.4, 0.5) is 0 Å². The molecule has 1 radical (unpaired) electrons. The van der Waals surface area contributed by atoms with E-state index in [1.807, 2.05) is 0 Å². The Morgan fingerprint density at radius 2 is 1.30 bits per heavy atom. The van der Waals surface area contributed by atoms with Gasteiger partial charge in [0, 0.05) is 12.1 Å². The molecular weight excluding hydrogens is 282 g/mol. The smallest absolute Gasteiger partial charge is 0.251 e. The molecule has 0 saturated carbocycles. The minimum absolute atomic E-state index is 0.0297. The van der Waals surface area contributed by atoms with Crippen molar-refractivity contribution in [3.63, 3.8) is 0 Å². The standard InChI is InChI=1S/C21H34NO/c1-2-3-4-5-6-7-8-9-10-11-12-16-19-22-21(23)20-17-14-13-15-18-20/h14-15,17-18H,2-12,16,19H2,1H3,(H,22,23). The summed E-state index contributed by atoms with van der Waals surface area (Å²) >= 11 is 0. The predicted molar refractivity (Wildman–Crippen MR) is 98.7 cm³/mol. The third-order valence-electron chi connectivity index (χ3n) is 4.30. The van der Waals surface area contributed by atoms with Gasteiger partial charge in [-0.25, -0.2) is 0 Å². The zero-order chi connectivity index (χ0) is 16.6. The maximum Gasteiger partial charge on any atom is 0.251 e. The first kappa shape index (κ1) is 19.7. The second-order valence-corrected chi connectivity index (χ2v) is 6.43. The Morgan fingerprint density at radius 3 is 1.83 bits per heavy atom. The number of amides is 1. The maximum absolute atomic E-state index is 11.8. The largest absolute Gasteiger partial charge is 0.352 e. The predicted octanol–water partition coefficient (Wildman–Crippen LogP) is 5.92. The van der Waals surface area contributed by atoms with Gasteiger partial charge in [-0.05, 0) is 24.6 Å². The van der Waals surface area contributed by atoms with Gasteiger partial charge >= 0.3 is 0 Å². The van der Waals surface area contributed by atoms with Crippen LogP contribution in [0.3, 0.4) is 0 Å². The van der Waals surface area contributed by atoms with Crippen LogP contribution >= 0.6 is 0 Å². The molecule has 0 atom stereocenters. The fraction of sp³-hybridized carbons (Fsp3) is 0.667. The van der Waals surface area contributed by atoms with Gasteiger partial charge in [0.1, 0.15) is 0 Å². The lowest BCUT2D eigenvalue weighted by atomic mass is 10.1. The lowest BCUT2D eigenvalue weighted by Crippen LogP contribution is -2.24. The van der Waals surface area contributed by atoms with Crippen LogP contribution in [-0.2, 0) is 0 Å². The Kier molecular flexibility index (Phi) is 12.3. The second-order valence-electron chi connectivity index (χ2n) is 6.43. The number of hydrogen-bond acceptors (Lipinski definition) is 1. The number of unbranched alkanes of at least 4 members (excludes halogenated alkanes) is 11. The number of nitrogens with one attached hydrogen (secondary N) is 1. The fourth-order valence-corrected chi connectivity index (χ4v) is 2.81. The van der Waals surface area contributed by atoms with Gasteiger partial charge in [0.2, 0.25) is 0 Å². The molecule has 23 heavy (non-hydrogen) atoms. The molecule has 129 valence electrons. The lowest BCUT2D eigenvalue weighted by molar-refractivity contribution is 0.0953. The summed E-state index contributed by atoms with van der Waals surface area (Å²) in [5, 5.41) is 2.98. The lowest BCUT2D eigenvalue weighted by Gasteiger charge is -2.05. The summed E-state index contributed by atoms with van der Waals surface area (Å²) in [6, 6.07) is 10.1. The normalized spacial score (nSPS) is 10.7. The van der Waals surface area contributed by atoms with Crippen LogP contribution in [0, 0.1) is 6.07 Å². The van der Waals surface area contributed by atoms with Crippen molar-refractivity contribution in [1.82, 2.24) is 5.32 Å². The monoisotopic (exact) mass is 316 g/mol. The molecule has 0 aliphatic carbocycles. The molecule has 0 fully saturated rings. The Bertz CT molecular complexity index is 388. The topological polar surface area (TPSA) is 29.1 Å². The molecule has 1 aromatic rings. The van der Waals surface area contributed by atoms with Crippen LogP contribution in [0.1, 0.15) is 94.3 Å². The molecule has 0 bridgehead atoms. The Balaban J connectivity index is 1.82. The zero-order valence-corrected chi connectivity index (χ0v) is 14.9. The molecule has 1 rings (SSSR count). The SMILES string of the molecule is CCCCCCCCCCCCCCNC(=O)c1cc[c]cc1. The average Bonchev–Trinajstić information content (AvgIpc) is 2.59. The van der Waals surface area contributed by atoms with Gasteiger partial charge < -0.3 is 5.32 Å². The summed E-state index contributed by atoms with van der Waals surface area (Å²) in [4.78, 5) is 11.8. The zero-order valence-electron chi connectivity index (χ0n) is 14.9. The van der Waals surface area contributed by atoms with Gasteiger partial charge in [-0.3, -0.25) is 4.79 Å². The first-order valence-corrected chi connectivity index (χ1v) is 9.59. The molecule has 1 aromatic carbocycles. The van der Waals surface area contributed by atoms with E-state index in [1.165, 1.54) is 70.6 Å². The highest BCUT2D eigenvalue weighted by molar-refractivity contribution is 5.94. The maximum atomic E-state index is 11.8. The first-order chi connectivity index (χ1) is 11.3. The molecule has 0 unspecified atom stereocenters. The highest BCUT2D eigenvalue weighted by atomic mass is 16.1. The Labute approximate surface area is 143 Å². The first-order valence-electron chi connectivity index (χ1n) is 9.59. The summed E-state index contributed by atoms with van der Waals surface area (Å²) in [5.41, 5.74) is 0.725. The summed E-state index contributed by atoms with van der Waals surface area (Å²) in [5.74, 6) is 0.0297. The van der Waals surface area contributed by atoms with Crippen LogP contribution in [-0.4, -0.2) is 12.5 Å². The van der Waals surface area contributed by atoms with Crippen molar-refractivity contribution >= 4 is 5.91 Å². The van der Waals surface area contributed by atoms with Gasteiger partial charge in [0.15, 0.2) is 0 Å². The van der Waals surface area contributed by atoms with Crippen molar-refractivity contribution in [1.29, 1.82) is 0 Å². The highest BCUT2D eigenvalue weighted by Gasteiger charge is 2.02. The molecule has 1 N–H and O–H groups in total. The van der Waals surface area contributed by atoms with Crippen molar-refractivity contribution in [2.45, 2.75) is 84.0 Å². The number of hydrogen-bond donors (Lipinski definition) is 1.